The van der Waals surface area contributed by atoms with E-state index in [1.54, 1.807) is 0 Å². The average Bonchev–Trinajstić information content (AvgIpc) is 3.56. The minimum absolute atomic E-state index is 0.590. The van der Waals surface area contributed by atoms with Gasteiger partial charge in [-0.05, 0) is 67.7 Å². The third-order valence-electron chi connectivity index (χ3n) is 9.49. The van der Waals surface area contributed by atoms with Gasteiger partial charge in [0.25, 0.3) is 0 Å². The van der Waals surface area contributed by atoms with Crippen molar-refractivity contribution < 1.29 is 4.42 Å². The molecule has 0 amide bonds. The Kier molecular flexibility index (Phi) is 6.15. The van der Waals surface area contributed by atoms with Crippen LogP contribution in [0.25, 0.3) is 99.5 Å². The molecule has 0 N–H and O–H groups in total. The molecule has 2 heterocycles. The van der Waals surface area contributed by atoms with E-state index in [0.29, 0.717) is 17.5 Å². The van der Waals surface area contributed by atoms with Gasteiger partial charge >= 0.3 is 0 Å². The Morgan fingerprint density at radius 1 is 0.327 bits per heavy atom. The predicted octanol–water partition coefficient (Wildman–Crippen LogP) is 11.9. The molecule has 228 valence electrons. The molecule has 0 aliphatic heterocycles. The second kappa shape index (κ2) is 11.0. The van der Waals surface area contributed by atoms with Crippen LogP contribution >= 0.6 is 0 Å². The van der Waals surface area contributed by atoms with E-state index in [4.69, 9.17) is 19.4 Å². The molecule has 0 spiro atoms. The van der Waals surface area contributed by atoms with E-state index in [0.717, 1.165) is 49.8 Å². The molecule has 10 rings (SSSR count). The summed E-state index contributed by atoms with van der Waals surface area (Å²) >= 11 is 0. The highest BCUT2D eigenvalue weighted by Gasteiger charge is 2.19. The van der Waals surface area contributed by atoms with Crippen molar-refractivity contribution in [1.29, 1.82) is 0 Å². The van der Waals surface area contributed by atoms with Gasteiger partial charge in [-0.3, -0.25) is 0 Å². The van der Waals surface area contributed by atoms with Gasteiger partial charge in [-0.15, -0.1) is 0 Å². The highest BCUT2D eigenvalue weighted by Crippen LogP contribution is 2.40. The van der Waals surface area contributed by atoms with E-state index >= 15 is 0 Å². The lowest BCUT2D eigenvalue weighted by atomic mass is 9.96. The van der Waals surface area contributed by atoms with Gasteiger partial charge in [0.2, 0.25) is 0 Å². The van der Waals surface area contributed by atoms with Crippen molar-refractivity contribution in [3.8, 4) is 45.3 Å². The molecule has 0 fully saturated rings. The van der Waals surface area contributed by atoms with Crippen molar-refractivity contribution in [2.24, 2.45) is 0 Å². The first-order valence-corrected chi connectivity index (χ1v) is 16.4. The van der Waals surface area contributed by atoms with Gasteiger partial charge in [-0.25, -0.2) is 15.0 Å². The van der Waals surface area contributed by atoms with E-state index in [1.165, 1.54) is 32.3 Å². The van der Waals surface area contributed by atoms with E-state index in [2.05, 4.69) is 115 Å². The predicted molar refractivity (Wildman–Crippen MR) is 201 cm³/mol. The molecule has 4 heteroatoms. The first-order chi connectivity index (χ1) is 24.3. The maximum atomic E-state index is 6.45. The summed E-state index contributed by atoms with van der Waals surface area (Å²) < 4.78 is 6.45. The van der Waals surface area contributed by atoms with E-state index in [-0.39, 0.29) is 0 Å². The Morgan fingerprint density at radius 3 is 1.67 bits per heavy atom. The molecule has 49 heavy (non-hydrogen) atoms. The fourth-order valence-corrected chi connectivity index (χ4v) is 7.14. The second-order valence-electron chi connectivity index (χ2n) is 12.4. The molecule has 0 unspecified atom stereocenters. The zero-order chi connectivity index (χ0) is 32.3. The number of fused-ring (bicyclic) bond motifs is 8. The maximum absolute atomic E-state index is 6.45. The lowest BCUT2D eigenvalue weighted by Gasteiger charge is -2.12. The van der Waals surface area contributed by atoms with Gasteiger partial charge in [0.1, 0.15) is 11.2 Å². The smallest absolute Gasteiger partial charge is 0.164 e. The summed E-state index contributed by atoms with van der Waals surface area (Å²) in [6.07, 6.45) is 0. The Balaban J connectivity index is 1.22. The van der Waals surface area contributed by atoms with E-state index in [9.17, 15) is 0 Å². The van der Waals surface area contributed by atoms with Crippen molar-refractivity contribution in [2.75, 3.05) is 0 Å². The molecular formula is C45H27N3O. The first-order valence-electron chi connectivity index (χ1n) is 16.4. The molecule has 4 nitrogen and oxygen atoms in total. The molecule has 0 aliphatic carbocycles. The number of nitrogens with zero attached hydrogens (tertiary/aromatic N) is 3. The fourth-order valence-electron chi connectivity index (χ4n) is 7.14. The SMILES string of the molecule is c1ccc(-c2nc(-c3cc(-c4ccccc4)c4c(c3)oc3ccccc34)nc(-c3ccc4ccc5c6ccccc6ccc5c4c3)n2)cc1. The molecule has 0 saturated carbocycles. The molecule has 8 aromatic carbocycles. The molecule has 0 radical (unpaired) electrons. The number of hydrogen-bond acceptors (Lipinski definition) is 4. The normalized spacial score (nSPS) is 11.7. The number of rotatable bonds is 4. The molecule has 0 atom stereocenters. The zero-order valence-corrected chi connectivity index (χ0v) is 26.3. The van der Waals surface area contributed by atoms with Gasteiger partial charge in [0.05, 0.1) is 0 Å². The van der Waals surface area contributed by atoms with Crippen molar-refractivity contribution >= 4 is 54.3 Å². The van der Waals surface area contributed by atoms with E-state index in [1.807, 2.05) is 48.5 Å². The Bertz CT molecular complexity index is 2880. The topological polar surface area (TPSA) is 51.8 Å². The van der Waals surface area contributed by atoms with Crippen LogP contribution in [0.2, 0.25) is 0 Å². The Hall–Kier alpha value is -6.65. The third-order valence-corrected chi connectivity index (χ3v) is 9.49. The van der Waals surface area contributed by atoms with Crippen LogP contribution in [0, 0.1) is 0 Å². The largest absolute Gasteiger partial charge is 0.456 e. The molecular weight excluding hydrogens is 599 g/mol. The maximum Gasteiger partial charge on any atom is 0.164 e. The third kappa shape index (κ3) is 4.57. The highest BCUT2D eigenvalue weighted by molar-refractivity contribution is 6.18. The van der Waals surface area contributed by atoms with Gasteiger partial charge in [0.15, 0.2) is 17.5 Å². The van der Waals surface area contributed by atoms with E-state index < -0.39 is 0 Å². The monoisotopic (exact) mass is 625 g/mol. The fraction of sp³-hybridized carbons (Fsp3) is 0. The summed E-state index contributed by atoms with van der Waals surface area (Å²) in [6.45, 7) is 0. The molecule has 10 aromatic rings. The minimum atomic E-state index is 0.590. The van der Waals surface area contributed by atoms with Crippen molar-refractivity contribution in [3.05, 3.63) is 164 Å². The number of aromatic nitrogens is 3. The highest BCUT2D eigenvalue weighted by atomic mass is 16.3. The molecule has 0 aliphatic rings. The summed E-state index contributed by atoms with van der Waals surface area (Å²) in [5.41, 5.74) is 6.55. The molecule has 0 bridgehead atoms. The average molecular weight is 626 g/mol. The lowest BCUT2D eigenvalue weighted by Crippen LogP contribution is -2.00. The summed E-state index contributed by atoms with van der Waals surface area (Å²) in [5.74, 6) is 1.83. The molecule has 2 aromatic heterocycles. The standard InChI is InChI=1S/C45H27N3O/c1-3-11-28(12-4-1)39-26-33(27-41-42(39)37-17-9-10-18-40(37)49-41)45-47-43(31-14-5-2-6-15-31)46-44(48-45)32-20-19-30-22-23-35-34-16-8-7-13-29(34)21-24-36(35)38(30)25-32/h1-27H. The van der Waals surface area contributed by atoms with Crippen molar-refractivity contribution in [1.82, 2.24) is 15.0 Å². The minimum Gasteiger partial charge on any atom is -0.456 e. The zero-order valence-electron chi connectivity index (χ0n) is 26.3. The Labute approximate surface area is 282 Å². The van der Waals surface area contributed by atoms with Gasteiger partial charge in [-0.1, -0.05) is 140 Å². The summed E-state index contributed by atoms with van der Waals surface area (Å²) in [6, 6.07) is 56.9. The first kappa shape index (κ1) is 27.5. The number of para-hydroxylation sites is 1. The van der Waals surface area contributed by atoms with Gasteiger partial charge in [-0.2, -0.15) is 0 Å². The van der Waals surface area contributed by atoms with Crippen LogP contribution in [0.3, 0.4) is 0 Å². The molecule has 0 saturated heterocycles. The van der Waals surface area contributed by atoms with Crippen LogP contribution < -0.4 is 0 Å². The quantitative estimate of drug-likeness (QED) is 0.183. The summed E-state index contributed by atoms with van der Waals surface area (Å²) in [4.78, 5) is 15.3. The van der Waals surface area contributed by atoms with Crippen LogP contribution in [-0.4, -0.2) is 15.0 Å². The van der Waals surface area contributed by atoms with Crippen LogP contribution in [0.15, 0.2) is 168 Å². The Morgan fingerprint density at radius 2 is 0.898 bits per heavy atom. The van der Waals surface area contributed by atoms with Gasteiger partial charge in [0, 0.05) is 27.5 Å². The lowest BCUT2D eigenvalue weighted by molar-refractivity contribution is 0.669. The second-order valence-corrected chi connectivity index (χ2v) is 12.4. The number of benzene rings is 8. The van der Waals surface area contributed by atoms with Crippen LogP contribution in [0.5, 0.6) is 0 Å². The summed E-state index contributed by atoms with van der Waals surface area (Å²) in [7, 11) is 0. The van der Waals surface area contributed by atoms with Crippen molar-refractivity contribution in [3.63, 3.8) is 0 Å². The van der Waals surface area contributed by atoms with Crippen LogP contribution in [-0.2, 0) is 0 Å². The van der Waals surface area contributed by atoms with Gasteiger partial charge < -0.3 is 4.42 Å². The van der Waals surface area contributed by atoms with Crippen LogP contribution in [0.1, 0.15) is 0 Å². The van der Waals surface area contributed by atoms with Crippen molar-refractivity contribution in [2.45, 2.75) is 0 Å². The number of hydrogen-bond donors (Lipinski definition) is 0. The summed E-state index contributed by atoms with van der Waals surface area (Å²) in [5, 5.41) is 9.42. The number of furan rings is 1. The van der Waals surface area contributed by atoms with Crippen LogP contribution in [0.4, 0.5) is 0 Å².